The molecule has 6 heteroatoms. The lowest BCUT2D eigenvalue weighted by molar-refractivity contribution is -0.383. The Morgan fingerprint density at radius 1 is 1.57 bits per heavy atom. The molecular formula is C8H7N3O3. The number of nitro groups is 1. The van der Waals surface area contributed by atoms with Crippen molar-refractivity contribution in [3.05, 3.63) is 38.9 Å². The molecule has 0 radical (unpaired) electrons. The highest BCUT2D eigenvalue weighted by molar-refractivity contribution is 5.88. The average Bonchev–Trinajstić information content (AvgIpc) is 2.46. The molecule has 0 spiro atoms. The van der Waals surface area contributed by atoms with Gasteiger partial charge in [0.25, 0.3) is 11.2 Å². The highest BCUT2D eigenvalue weighted by Crippen LogP contribution is 2.22. The van der Waals surface area contributed by atoms with Gasteiger partial charge in [0.05, 0.1) is 16.6 Å². The molecule has 0 saturated carbocycles. The second-order valence-corrected chi connectivity index (χ2v) is 2.95. The Balaban J connectivity index is 3.00. The number of pyridine rings is 1. The number of fused-ring (bicyclic) bond motifs is 1. The standard InChI is InChI=1S/C8H7N3O3/c1-10-4-6(11(13)14)7-5(10)2-3-9-8(7)12/h2-4H,1H3,(H,9,12). The zero-order chi connectivity index (χ0) is 10.3. The topological polar surface area (TPSA) is 80.9 Å². The maximum absolute atomic E-state index is 11.3. The van der Waals surface area contributed by atoms with E-state index >= 15 is 0 Å². The normalized spacial score (nSPS) is 10.6. The molecule has 2 rings (SSSR count). The Hall–Kier alpha value is -2.11. The van der Waals surface area contributed by atoms with E-state index < -0.39 is 10.5 Å². The number of aromatic nitrogens is 2. The van der Waals surface area contributed by atoms with Crippen LogP contribution in [0.1, 0.15) is 0 Å². The number of hydrogen-bond donors (Lipinski definition) is 1. The van der Waals surface area contributed by atoms with Gasteiger partial charge in [0.2, 0.25) is 0 Å². The van der Waals surface area contributed by atoms with Crippen molar-refractivity contribution in [2.75, 3.05) is 0 Å². The number of nitrogens with zero attached hydrogens (tertiary/aromatic N) is 2. The minimum Gasteiger partial charge on any atom is -0.344 e. The third kappa shape index (κ3) is 1.00. The summed E-state index contributed by atoms with van der Waals surface area (Å²) < 4.78 is 1.56. The number of hydrogen-bond acceptors (Lipinski definition) is 3. The first-order chi connectivity index (χ1) is 6.61. The summed E-state index contributed by atoms with van der Waals surface area (Å²) >= 11 is 0. The van der Waals surface area contributed by atoms with E-state index in [0.717, 1.165) is 0 Å². The Morgan fingerprint density at radius 3 is 2.93 bits per heavy atom. The van der Waals surface area contributed by atoms with Crippen molar-refractivity contribution in [2.24, 2.45) is 7.05 Å². The van der Waals surface area contributed by atoms with Gasteiger partial charge in [0, 0.05) is 13.2 Å². The fourth-order valence-corrected chi connectivity index (χ4v) is 1.47. The molecule has 0 atom stereocenters. The summed E-state index contributed by atoms with van der Waals surface area (Å²) in [6.07, 6.45) is 2.80. The lowest BCUT2D eigenvalue weighted by Gasteiger charge is -1.91. The minimum absolute atomic E-state index is 0.125. The predicted octanol–water partition coefficient (Wildman–Crippen LogP) is 0.775. The van der Waals surface area contributed by atoms with E-state index in [-0.39, 0.29) is 11.1 Å². The van der Waals surface area contributed by atoms with Crippen molar-refractivity contribution < 1.29 is 4.92 Å². The van der Waals surface area contributed by atoms with Crippen LogP contribution >= 0.6 is 0 Å². The SMILES string of the molecule is Cn1cc([N+](=O)[O-])c2c(=O)[nH]ccc21. The number of aryl methyl sites for hydroxylation is 1. The summed E-state index contributed by atoms with van der Waals surface area (Å²) in [4.78, 5) is 23.8. The second kappa shape index (κ2) is 2.69. The van der Waals surface area contributed by atoms with Crippen molar-refractivity contribution in [2.45, 2.75) is 0 Å². The summed E-state index contributed by atoms with van der Waals surface area (Å²) in [5.41, 5.74) is -0.0420. The van der Waals surface area contributed by atoms with Gasteiger partial charge in [-0.2, -0.15) is 0 Å². The molecule has 0 aliphatic heterocycles. The zero-order valence-electron chi connectivity index (χ0n) is 7.35. The van der Waals surface area contributed by atoms with Crippen molar-refractivity contribution in [1.82, 2.24) is 9.55 Å². The van der Waals surface area contributed by atoms with Gasteiger partial charge in [0.15, 0.2) is 0 Å². The lowest BCUT2D eigenvalue weighted by atomic mass is 10.3. The maximum Gasteiger partial charge on any atom is 0.300 e. The Labute approximate surface area is 77.9 Å². The van der Waals surface area contributed by atoms with Crippen LogP contribution in [-0.2, 0) is 7.05 Å². The Kier molecular flexibility index (Phi) is 1.63. The molecule has 0 aliphatic rings. The van der Waals surface area contributed by atoms with E-state index in [1.165, 1.54) is 12.4 Å². The molecule has 2 aromatic rings. The number of nitrogens with one attached hydrogen (secondary N) is 1. The van der Waals surface area contributed by atoms with Crippen LogP contribution in [0.4, 0.5) is 5.69 Å². The van der Waals surface area contributed by atoms with E-state index in [9.17, 15) is 14.9 Å². The molecule has 6 nitrogen and oxygen atoms in total. The van der Waals surface area contributed by atoms with Crippen LogP contribution in [0.3, 0.4) is 0 Å². The Morgan fingerprint density at radius 2 is 2.29 bits per heavy atom. The maximum atomic E-state index is 11.3. The third-order valence-corrected chi connectivity index (χ3v) is 2.09. The van der Waals surface area contributed by atoms with Gasteiger partial charge >= 0.3 is 0 Å². The number of H-pyrrole nitrogens is 1. The van der Waals surface area contributed by atoms with E-state index in [1.807, 2.05) is 0 Å². The van der Waals surface area contributed by atoms with E-state index in [1.54, 1.807) is 17.7 Å². The van der Waals surface area contributed by atoms with Crippen molar-refractivity contribution >= 4 is 16.6 Å². The molecule has 0 bridgehead atoms. The summed E-state index contributed by atoms with van der Waals surface area (Å²) in [6.45, 7) is 0. The fourth-order valence-electron chi connectivity index (χ4n) is 1.47. The van der Waals surface area contributed by atoms with Crippen LogP contribution in [-0.4, -0.2) is 14.5 Å². The van der Waals surface area contributed by atoms with Gasteiger partial charge in [-0.25, -0.2) is 0 Å². The van der Waals surface area contributed by atoms with E-state index in [2.05, 4.69) is 4.98 Å². The third-order valence-electron chi connectivity index (χ3n) is 2.09. The van der Waals surface area contributed by atoms with Gasteiger partial charge in [0.1, 0.15) is 5.39 Å². The molecule has 1 N–H and O–H groups in total. The average molecular weight is 193 g/mol. The fraction of sp³-hybridized carbons (Fsp3) is 0.125. The highest BCUT2D eigenvalue weighted by atomic mass is 16.6. The number of aromatic amines is 1. The number of rotatable bonds is 1. The van der Waals surface area contributed by atoms with Gasteiger partial charge in [-0.05, 0) is 6.07 Å². The van der Waals surface area contributed by atoms with Crippen LogP contribution in [0.15, 0.2) is 23.3 Å². The molecule has 14 heavy (non-hydrogen) atoms. The van der Waals surface area contributed by atoms with Gasteiger partial charge in [-0.15, -0.1) is 0 Å². The summed E-state index contributed by atoms with van der Waals surface area (Å²) in [5, 5.41) is 10.7. The van der Waals surface area contributed by atoms with Crippen molar-refractivity contribution in [3.63, 3.8) is 0 Å². The molecule has 2 aromatic heterocycles. The monoisotopic (exact) mass is 193 g/mol. The molecule has 0 fully saturated rings. The first kappa shape index (κ1) is 8.49. The van der Waals surface area contributed by atoms with Gasteiger partial charge in [-0.1, -0.05) is 0 Å². The van der Waals surface area contributed by atoms with Crippen LogP contribution in [0.2, 0.25) is 0 Å². The molecule has 2 heterocycles. The van der Waals surface area contributed by atoms with Crippen LogP contribution in [0.5, 0.6) is 0 Å². The molecule has 0 amide bonds. The summed E-state index contributed by atoms with van der Waals surface area (Å²) in [7, 11) is 1.66. The van der Waals surface area contributed by atoms with Crippen LogP contribution in [0, 0.1) is 10.1 Å². The smallest absolute Gasteiger partial charge is 0.300 e. The second-order valence-electron chi connectivity index (χ2n) is 2.95. The molecule has 72 valence electrons. The quantitative estimate of drug-likeness (QED) is 0.536. The molecular weight excluding hydrogens is 186 g/mol. The van der Waals surface area contributed by atoms with E-state index in [4.69, 9.17) is 0 Å². The lowest BCUT2D eigenvalue weighted by Crippen LogP contribution is -2.05. The van der Waals surface area contributed by atoms with Gasteiger partial charge < -0.3 is 9.55 Å². The van der Waals surface area contributed by atoms with Crippen molar-refractivity contribution in [3.8, 4) is 0 Å². The Bertz CT molecular complexity index is 567. The predicted molar refractivity (Wildman–Crippen MR) is 50.2 cm³/mol. The van der Waals surface area contributed by atoms with Gasteiger partial charge in [-0.3, -0.25) is 14.9 Å². The minimum atomic E-state index is -0.558. The first-order valence-electron chi connectivity index (χ1n) is 3.92. The molecule has 0 aliphatic carbocycles. The summed E-state index contributed by atoms with van der Waals surface area (Å²) in [5.74, 6) is 0. The summed E-state index contributed by atoms with van der Waals surface area (Å²) in [6, 6.07) is 1.63. The molecule has 0 aromatic carbocycles. The van der Waals surface area contributed by atoms with Crippen LogP contribution in [0.25, 0.3) is 10.9 Å². The highest BCUT2D eigenvalue weighted by Gasteiger charge is 2.18. The molecule has 0 saturated heterocycles. The first-order valence-corrected chi connectivity index (χ1v) is 3.92. The largest absolute Gasteiger partial charge is 0.344 e. The molecule has 0 unspecified atom stereocenters. The zero-order valence-corrected chi connectivity index (χ0v) is 7.35. The van der Waals surface area contributed by atoms with Crippen LogP contribution < -0.4 is 5.56 Å². The van der Waals surface area contributed by atoms with Crippen molar-refractivity contribution in [1.29, 1.82) is 0 Å². The van der Waals surface area contributed by atoms with E-state index in [0.29, 0.717) is 5.52 Å².